The van der Waals surface area contributed by atoms with Crippen molar-refractivity contribution in [2.75, 3.05) is 19.8 Å². The molecule has 2 aliphatic heterocycles. The summed E-state index contributed by atoms with van der Waals surface area (Å²) < 4.78 is 11.6. The minimum atomic E-state index is 0.597. The number of rotatable bonds is 2. The lowest BCUT2D eigenvalue weighted by molar-refractivity contribution is 0.169. The van der Waals surface area contributed by atoms with E-state index in [0.29, 0.717) is 19.3 Å². The molecule has 0 radical (unpaired) electrons. The van der Waals surface area contributed by atoms with Crippen LogP contribution in [0.3, 0.4) is 0 Å². The van der Waals surface area contributed by atoms with Gasteiger partial charge in [-0.3, -0.25) is 0 Å². The maximum absolute atomic E-state index is 5.85. The Labute approximate surface area is 108 Å². The molecule has 18 heavy (non-hydrogen) atoms. The van der Waals surface area contributed by atoms with Crippen LogP contribution in [0.5, 0.6) is 11.5 Å². The molecule has 1 saturated heterocycles. The molecule has 3 rings (SSSR count). The molecule has 0 aliphatic carbocycles. The van der Waals surface area contributed by atoms with E-state index in [1.165, 1.54) is 29.5 Å². The molecular formula is C15H21NO2. The zero-order chi connectivity index (χ0) is 12.5. The lowest BCUT2D eigenvalue weighted by Crippen LogP contribution is -2.25. The fourth-order valence-corrected chi connectivity index (χ4v) is 2.91. The third-order valence-corrected chi connectivity index (χ3v) is 4.09. The molecule has 0 amide bonds. The van der Waals surface area contributed by atoms with Crippen molar-refractivity contribution in [3.05, 3.63) is 22.8 Å². The van der Waals surface area contributed by atoms with Gasteiger partial charge in [-0.15, -0.1) is 0 Å². The monoisotopic (exact) mass is 247 g/mol. The van der Waals surface area contributed by atoms with Crippen molar-refractivity contribution in [2.45, 2.75) is 39.2 Å². The standard InChI is InChI=1S/C15H21NO2/c1-10-8-14-15(18-7-6-17-14)13(11(10)2)9-12-4-3-5-16-12/h8,12,16H,3-7,9H2,1-2H3. The number of hydrogen-bond donors (Lipinski definition) is 1. The Kier molecular flexibility index (Phi) is 3.16. The minimum Gasteiger partial charge on any atom is -0.486 e. The fraction of sp³-hybridized carbons (Fsp3) is 0.600. The Morgan fingerprint density at radius 3 is 2.89 bits per heavy atom. The van der Waals surface area contributed by atoms with Crippen LogP contribution in [0.4, 0.5) is 0 Å². The quantitative estimate of drug-likeness (QED) is 0.870. The highest BCUT2D eigenvalue weighted by atomic mass is 16.6. The molecule has 1 aromatic rings. The largest absolute Gasteiger partial charge is 0.486 e. The van der Waals surface area contributed by atoms with Gasteiger partial charge in [0.1, 0.15) is 13.2 Å². The summed E-state index contributed by atoms with van der Waals surface area (Å²) in [6.07, 6.45) is 3.61. The molecule has 98 valence electrons. The second kappa shape index (κ2) is 4.81. The van der Waals surface area contributed by atoms with E-state index < -0.39 is 0 Å². The molecule has 0 spiro atoms. The average molecular weight is 247 g/mol. The first-order valence-electron chi connectivity index (χ1n) is 6.88. The van der Waals surface area contributed by atoms with Crippen molar-refractivity contribution in [3.8, 4) is 11.5 Å². The van der Waals surface area contributed by atoms with Crippen LogP contribution in [0.2, 0.25) is 0 Å². The molecule has 1 aromatic carbocycles. The first-order chi connectivity index (χ1) is 8.75. The van der Waals surface area contributed by atoms with Crippen molar-refractivity contribution in [3.63, 3.8) is 0 Å². The van der Waals surface area contributed by atoms with Crippen LogP contribution >= 0.6 is 0 Å². The van der Waals surface area contributed by atoms with Gasteiger partial charge in [0.2, 0.25) is 0 Å². The Hall–Kier alpha value is -1.22. The average Bonchev–Trinajstić information content (AvgIpc) is 2.88. The van der Waals surface area contributed by atoms with Crippen LogP contribution in [-0.4, -0.2) is 25.8 Å². The first kappa shape index (κ1) is 11.8. The molecule has 1 N–H and O–H groups in total. The van der Waals surface area contributed by atoms with Crippen LogP contribution in [0, 0.1) is 13.8 Å². The van der Waals surface area contributed by atoms with E-state index in [9.17, 15) is 0 Å². The molecule has 3 heteroatoms. The number of hydrogen-bond acceptors (Lipinski definition) is 3. The van der Waals surface area contributed by atoms with Gasteiger partial charge in [-0.1, -0.05) is 0 Å². The van der Waals surface area contributed by atoms with E-state index in [4.69, 9.17) is 9.47 Å². The third-order valence-electron chi connectivity index (χ3n) is 4.09. The van der Waals surface area contributed by atoms with Gasteiger partial charge in [0.05, 0.1) is 0 Å². The fourth-order valence-electron chi connectivity index (χ4n) is 2.91. The maximum Gasteiger partial charge on any atom is 0.164 e. The molecule has 1 fully saturated rings. The van der Waals surface area contributed by atoms with Gasteiger partial charge in [0.15, 0.2) is 11.5 Å². The molecule has 0 saturated carbocycles. The van der Waals surface area contributed by atoms with Gasteiger partial charge in [-0.2, -0.15) is 0 Å². The van der Waals surface area contributed by atoms with E-state index in [2.05, 4.69) is 25.2 Å². The van der Waals surface area contributed by atoms with Gasteiger partial charge in [0.25, 0.3) is 0 Å². The topological polar surface area (TPSA) is 30.5 Å². The van der Waals surface area contributed by atoms with E-state index >= 15 is 0 Å². The molecule has 0 bridgehead atoms. The highest BCUT2D eigenvalue weighted by Gasteiger charge is 2.23. The Bertz CT molecular complexity index is 450. The summed E-state index contributed by atoms with van der Waals surface area (Å²) in [5.74, 6) is 1.91. The number of fused-ring (bicyclic) bond motifs is 1. The van der Waals surface area contributed by atoms with Crippen molar-refractivity contribution in [1.29, 1.82) is 0 Å². The third kappa shape index (κ3) is 2.07. The van der Waals surface area contributed by atoms with Crippen molar-refractivity contribution in [2.24, 2.45) is 0 Å². The number of aryl methyl sites for hydroxylation is 1. The minimum absolute atomic E-state index is 0.597. The molecule has 0 aromatic heterocycles. The predicted molar refractivity (Wildman–Crippen MR) is 71.6 cm³/mol. The highest BCUT2D eigenvalue weighted by molar-refractivity contribution is 5.54. The van der Waals surface area contributed by atoms with Crippen molar-refractivity contribution >= 4 is 0 Å². The van der Waals surface area contributed by atoms with Gasteiger partial charge in [0, 0.05) is 11.6 Å². The SMILES string of the molecule is Cc1cc2c(c(CC3CCCN3)c1C)OCCO2. The van der Waals surface area contributed by atoms with Crippen molar-refractivity contribution < 1.29 is 9.47 Å². The normalized spacial score (nSPS) is 22.2. The summed E-state index contributed by atoms with van der Waals surface area (Å²) in [6.45, 7) is 6.82. The van der Waals surface area contributed by atoms with Crippen LogP contribution in [0.15, 0.2) is 6.07 Å². The highest BCUT2D eigenvalue weighted by Crippen LogP contribution is 2.38. The van der Waals surface area contributed by atoms with Gasteiger partial charge >= 0.3 is 0 Å². The van der Waals surface area contributed by atoms with E-state index in [1.807, 2.05) is 0 Å². The second-order valence-corrected chi connectivity index (χ2v) is 5.32. The summed E-state index contributed by atoms with van der Waals surface area (Å²) in [5, 5.41) is 3.56. The molecule has 1 unspecified atom stereocenters. The Balaban J connectivity index is 1.97. The summed E-state index contributed by atoms with van der Waals surface area (Å²) in [4.78, 5) is 0. The summed E-state index contributed by atoms with van der Waals surface area (Å²) in [7, 11) is 0. The molecule has 2 heterocycles. The summed E-state index contributed by atoms with van der Waals surface area (Å²) in [6, 6.07) is 2.70. The van der Waals surface area contributed by atoms with E-state index in [-0.39, 0.29) is 0 Å². The molecule has 1 atom stereocenters. The summed E-state index contributed by atoms with van der Waals surface area (Å²) >= 11 is 0. The van der Waals surface area contributed by atoms with E-state index in [0.717, 1.165) is 24.5 Å². The first-order valence-corrected chi connectivity index (χ1v) is 6.88. The lowest BCUT2D eigenvalue weighted by atomic mass is 9.95. The predicted octanol–water partition coefficient (Wildman–Crippen LogP) is 2.37. The smallest absolute Gasteiger partial charge is 0.164 e. The number of ether oxygens (including phenoxy) is 2. The van der Waals surface area contributed by atoms with E-state index in [1.54, 1.807) is 0 Å². The Morgan fingerprint density at radius 1 is 1.28 bits per heavy atom. The van der Waals surface area contributed by atoms with Crippen LogP contribution in [0.25, 0.3) is 0 Å². The van der Waals surface area contributed by atoms with Crippen LogP contribution in [0.1, 0.15) is 29.5 Å². The van der Waals surface area contributed by atoms with Crippen molar-refractivity contribution in [1.82, 2.24) is 5.32 Å². The van der Waals surface area contributed by atoms with Gasteiger partial charge in [-0.05, 0) is 56.8 Å². The molecule has 3 nitrogen and oxygen atoms in total. The molecule has 2 aliphatic rings. The van der Waals surface area contributed by atoms with Crippen LogP contribution < -0.4 is 14.8 Å². The lowest BCUT2D eigenvalue weighted by Gasteiger charge is -2.25. The zero-order valence-corrected chi connectivity index (χ0v) is 11.2. The maximum atomic E-state index is 5.85. The van der Waals surface area contributed by atoms with Gasteiger partial charge in [-0.25, -0.2) is 0 Å². The number of benzene rings is 1. The Morgan fingerprint density at radius 2 is 2.11 bits per heavy atom. The summed E-state index contributed by atoms with van der Waals surface area (Å²) in [5.41, 5.74) is 3.99. The zero-order valence-electron chi connectivity index (χ0n) is 11.2. The van der Waals surface area contributed by atoms with Crippen LogP contribution in [-0.2, 0) is 6.42 Å². The number of nitrogens with one attached hydrogen (secondary N) is 1. The second-order valence-electron chi connectivity index (χ2n) is 5.32. The molecular weight excluding hydrogens is 226 g/mol. The van der Waals surface area contributed by atoms with Gasteiger partial charge < -0.3 is 14.8 Å².